The van der Waals surface area contributed by atoms with E-state index in [1.807, 2.05) is 37.3 Å². The zero-order chi connectivity index (χ0) is 21.2. The van der Waals surface area contributed by atoms with Gasteiger partial charge in [0.25, 0.3) is 0 Å². The first-order valence-electron chi connectivity index (χ1n) is 11.6. The van der Waals surface area contributed by atoms with Crippen LogP contribution in [0.3, 0.4) is 0 Å². The predicted molar refractivity (Wildman–Crippen MR) is 119 cm³/mol. The van der Waals surface area contributed by atoms with Gasteiger partial charge in [0.15, 0.2) is 0 Å². The lowest BCUT2D eigenvalue weighted by atomic mass is 10.0. The highest BCUT2D eigenvalue weighted by Gasteiger charge is 2.14. The summed E-state index contributed by atoms with van der Waals surface area (Å²) in [7, 11) is 0. The van der Waals surface area contributed by atoms with Crippen LogP contribution < -0.4 is 0 Å². The average Bonchev–Trinajstić information content (AvgIpc) is 2.72. The van der Waals surface area contributed by atoms with Crippen LogP contribution in [0.5, 0.6) is 0 Å². The van der Waals surface area contributed by atoms with Crippen LogP contribution >= 0.6 is 0 Å². The van der Waals surface area contributed by atoms with Crippen molar-refractivity contribution in [2.45, 2.75) is 116 Å². The molecule has 0 aliphatic rings. The first-order chi connectivity index (χ1) is 14.1. The molecule has 2 unspecified atom stereocenters. The summed E-state index contributed by atoms with van der Waals surface area (Å²) < 4.78 is 5.79. The second-order valence-electron chi connectivity index (χ2n) is 8.24. The molecule has 4 nitrogen and oxygen atoms in total. The van der Waals surface area contributed by atoms with Crippen molar-refractivity contribution in [3.63, 3.8) is 0 Å². The van der Waals surface area contributed by atoms with Gasteiger partial charge in [-0.3, -0.25) is 4.79 Å². The Morgan fingerprint density at radius 2 is 1.31 bits per heavy atom. The molecule has 1 aromatic rings. The molecule has 0 saturated heterocycles. The van der Waals surface area contributed by atoms with E-state index in [0.717, 1.165) is 31.2 Å². The van der Waals surface area contributed by atoms with Gasteiger partial charge in [-0.1, -0.05) is 101 Å². The number of hydrogen-bond acceptors (Lipinski definition) is 3. The van der Waals surface area contributed by atoms with E-state index in [0.29, 0.717) is 13.0 Å². The van der Waals surface area contributed by atoms with Crippen molar-refractivity contribution < 1.29 is 19.7 Å². The van der Waals surface area contributed by atoms with E-state index in [9.17, 15) is 9.90 Å². The van der Waals surface area contributed by atoms with Gasteiger partial charge in [0.2, 0.25) is 0 Å². The molecule has 166 valence electrons. The van der Waals surface area contributed by atoms with Crippen LogP contribution in [-0.4, -0.2) is 28.4 Å². The van der Waals surface area contributed by atoms with Crippen LogP contribution in [0.4, 0.5) is 0 Å². The van der Waals surface area contributed by atoms with Gasteiger partial charge in [0, 0.05) is 6.42 Å². The van der Waals surface area contributed by atoms with Crippen LogP contribution in [-0.2, 0) is 16.1 Å². The zero-order valence-corrected chi connectivity index (χ0v) is 18.4. The monoisotopic (exact) mass is 406 g/mol. The summed E-state index contributed by atoms with van der Waals surface area (Å²) in [6, 6.07) is 10.1. The SMILES string of the molecule is CC(OCc1ccccc1)C(O)CCCCCCCCCCCCCCC(=O)O. The van der Waals surface area contributed by atoms with Crippen molar-refractivity contribution in [3.8, 4) is 0 Å². The van der Waals surface area contributed by atoms with Gasteiger partial charge in [-0.2, -0.15) is 0 Å². The molecule has 1 rings (SSSR count). The molecule has 2 N–H and O–H groups in total. The largest absolute Gasteiger partial charge is 0.481 e. The quantitative estimate of drug-likeness (QED) is 0.257. The number of aliphatic hydroxyl groups excluding tert-OH is 1. The molecule has 0 bridgehead atoms. The Kier molecular flexibility index (Phi) is 15.4. The third-order valence-electron chi connectivity index (χ3n) is 5.54. The van der Waals surface area contributed by atoms with Crippen molar-refractivity contribution in [3.05, 3.63) is 35.9 Å². The van der Waals surface area contributed by atoms with Gasteiger partial charge < -0.3 is 14.9 Å². The number of carboxylic acid groups (broad SMARTS) is 1. The van der Waals surface area contributed by atoms with Crippen LogP contribution in [0.2, 0.25) is 0 Å². The van der Waals surface area contributed by atoms with Crippen LogP contribution in [0.1, 0.15) is 102 Å². The molecule has 0 heterocycles. The molecule has 0 fully saturated rings. The highest BCUT2D eigenvalue weighted by atomic mass is 16.5. The Hall–Kier alpha value is -1.39. The summed E-state index contributed by atoms with van der Waals surface area (Å²) in [5, 5.41) is 18.8. The Bertz CT molecular complexity index is 503. The minimum absolute atomic E-state index is 0.126. The van der Waals surface area contributed by atoms with Crippen molar-refractivity contribution in [1.29, 1.82) is 0 Å². The first kappa shape index (κ1) is 25.6. The first-order valence-corrected chi connectivity index (χ1v) is 11.6. The summed E-state index contributed by atoms with van der Waals surface area (Å²) in [5.41, 5.74) is 1.14. The normalized spacial score (nSPS) is 13.3. The molecule has 0 aliphatic heterocycles. The van der Waals surface area contributed by atoms with Crippen LogP contribution in [0.25, 0.3) is 0 Å². The summed E-state index contributed by atoms with van der Waals surface area (Å²) >= 11 is 0. The summed E-state index contributed by atoms with van der Waals surface area (Å²) in [5.74, 6) is -0.676. The highest BCUT2D eigenvalue weighted by molar-refractivity contribution is 5.66. The Morgan fingerprint density at radius 3 is 1.83 bits per heavy atom. The minimum atomic E-state index is -0.676. The third-order valence-corrected chi connectivity index (χ3v) is 5.54. The molecule has 1 aromatic carbocycles. The second kappa shape index (κ2) is 17.5. The topological polar surface area (TPSA) is 66.8 Å². The van der Waals surface area contributed by atoms with Crippen molar-refractivity contribution in [2.75, 3.05) is 0 Å². The van der Waals surface area contributed by atoms with E-state index < -0.39 is 5.97 Å². The van der Waals surface area contributed by atoms with Gasteiger partial charge in [-0.05, 0) is 25.3 Å². The highest BCUT2D eigenvalue weighted by Crippen LogP contribution is 2.15. The molecule has 0 aromatic heterocycles. The van der Waals surface area contributed by atoms with Gasteiger partial charge in [0.05, 0.1) is 18.8 Å². The van der Waals surface area contributed by atoms with Gasteiger partial charge in [-0.25, -0.2) is 0 Å². The maximum absolute atomic E-state index is 10.4. The maximum atomic E-state index is 10.4. The second-order valence-corrected chi connectivity index (χ2v) is 8.24. The molecule has 4 heteroatoms. The standard InChI is InChI=1S/C25H42O4/c1-22(29-21-23-17-13-12-14-18-23)24(26)19-15-10-8-6-4-2-3-5-7-9-11-16-20-25(27)28/h12-14,17-18,22,24,26H,2-11,15-16,19-21H2,1H3,(H,27,28). The molecule has 0 amide bonds. The lowest BCUT2D eigenvalue weighted by molar-refractivity contribution is -0.137. The fourth-order valence-electron chi connectivity index (χ4n) is 3.55. The maximum Gasteiger partial charge on any atom is 0.303 e. The van der Waals surface area contributed by atoms with Gasteiger partial charge >= 0.3 is 5.97 Å². The zero-order valence-electron chi connectivity index (χ0n) is 18.4. The van der Waals surface area contributed by atoms with E-state index in [1.165, 1.54) is 57.8 Å². The number of hydrogen-bond donors (Lipinski definition) is 2. The van der Waals surface area contributed by atoms with Gasteiger partial charge in [-0.15, -0.1) is 0 Å². The number of aliphatic carboxylic acids is 1. The number of aliphatic hydroxyl groups is 1. The summed E-state index contributed by atoms with van der Waals surface area (Å²) in [6.07, 6.45) is 14.9. The Labute approximate surface area is 177 Å². The van der Waals surface area contributed by atoms with Gasteiger partial charge in [0.1, 0.15) is 0 Å². The minimum Gasteiger partial charge on any atom is -0.481 e. The fourth-order valence-corrected chi connectivity index (χ4v) is 3.55. The number of benzene rings is 1. The number of carboxylic acids is 1. The summed E-state index contributed by atoms with van der Waals surface area (Å²) in [6.45, 7) is 2.52. The van der Waals surface area contributed by atoms with E-state index in [1.54, 1.807) is 0 Å². The Morgan fingerprint density at radius 1 is 0.828 bits per heavy atom. The fraction of sp³-hybridized carbons (Fsp3) is 0.720. The predicted octanol–water partition coefficient (Wildman–Crippen LogP) is 6.50. The molecular formula is C25H42O4. The molecule has 0 radical (unpaired) electrons. The van der Waals surface area contributed by atoms with Crippen molar-refractivity contribution in [1.82, 2.24) is 0 Å². The Balaban J connectivity index is 1.84. The smallest absolute Gasteiger partial charge is 0.303 e. The van der Waals surface area contributed by atoms with Crippen LogP contribution in [0, 0.1) is 0 Å². The third kappa shape index (κ3) is 15.2. The van der Waals surface area contributed by atoms with Crippen molar-refractivity contribution in [2.24, 2.45) is 0 Å². The number of carbonyl (C=O) groups is 1. The number of unbranched alkanes of at least 4 members (excludes halogenated alkanes) is 11. The summed E-state index contributed by atoms with van der Waals surface area (Å²) in [4.78, 5) is 10.4. The van der Waals surface area contributed by atoms with E-state index in [-0.39, 0.29) is 12.2 Å². The molecule has 29 heavy (non-hydrogen) atoms. The molecule has 0 saturated carbocycles. The van der Waals surface area contributed by atoms with E-state index >= 15 is 0 Å². The van der Waals surface area contributed by atoms with Crippen LogP contribution in [0.15, 0.2) is 30.3 Å². The molecular weight excluding hydrogens is 364 g/mol. The number of ether oxygens (including phenoxy) is 1. The molecule has 0 aliphatic carbocycles. The average molecular weight is 407 g/mol. The lowest BCUT2D eigenvalue weighted by Gasteiger charge is -2.19. The van der Waals surface area contributed by atoms with Crippen molar-refractivity contribution >= 4 is 5.97 Å². The molecule has 2 atom stereocenters. The van der Waals surface area contributed by atoms with E-state index in [2.05, 4.69) is 0 Å². The molecule has 0 spiro atoms. The van der Waals surface area contributed by atoms with E-state index in [4.69, 9.17) is 9.84 Å². The number of rotatable bonds is 19. The lowest BCUT2D eigenvalue weighted by Crippen LogP contribution is -2.25.